The van der Waals surface area contributed by atoms with E-state index in [1.807, 2.05) is 13.8 Å². The maximum absolute atomic E-state index is 13.2. The molecule has 2 aliphatic rings. The van der Waals surface area contributed by atoms with Crippen LogP contribution in [-0.4, -0.2) is 55.5 Å². The third kappa shape index (κ3) is 5.95. The highest BCUT2D eigenvalue weighted by Gasteiger charge is 2.32. The van der Waals surface area contributed by atoms with E-state index in [4.69, 9.17) is 9.47 Å². The van der Waals surface area contributed by atoms with Crippen molar-refractivity contribution in [3.63, 3.8) is 0 Å². The molecule has 0 radical (unpaired) electrons. The highest BCUT2D eigenvalue weighted by molar-refractivity contribution is 7.89. The number of ether oxygens (including phenoxy) is 2. The van der Waals surface area contributed by atoms with Crippen LogP contribution in [0.5, 0.6) is 5.75 Å². The van der Waals surface area contributed by atoms with Gasteiger partial charge in [-0.15, -0.1) is 0 Å². The zero-order valence-electron chi connectivity index (χ0n) is 19.8. The van der Waals surface area contributed by atoms with E-state index >= 15 is 0 Å². The predicted octanol–water partition coefficient (Wildman–Crippen LogP) is 4.09. The fourth-order valence-electron chi connectivity index (χ4n) is 4.62. The number of rotatable bonds is 7. The lowest BCUT2D eigenvalue weighted by Crippen LogP contribution is -2.48. The number of carbonyl (C=O) groups excluding carboxylic acids is 1. The second kappa shape index (κ2) is 10.8. The molecule has 2 heterocycles. The first-order chi connectivity index (χ1) is 16.3. The molecule has 2 unspecified atom stereocenters. The molecule has 2 atom stereocenters. The summed E-state index contributed by atoms with van der Waals surface area (Å²) in [6.07, 6.45) is 7.25. The molecule has 1 N–H and O–H groups in total. The standard InChI is InChI=1S/C25H33N3O5S/c1-18-15-28(16-19(2)33-18)34(30,31)22-11-6-10-21(14-22)25(29)27-24-23(12-7-13-26-24)32-17-20-8-4-3-5-9-20/h6-7,10-14,18-20H,3-5,8-9,15-17H2,1-2H3,(H,26,27,29). The first kappa shape index (κ1) is 24.6. The molecule has 1 aromatic carbocycles. The van der Waals surface area contributed by atoms with Crippen molar-refractivity contribution in [2.24, 2.45) is 5.92 Å². The van der Waals surface area contributed by atoms with E-state index in [9.17, 15) is 13.2 Å². The molecule has 2 fully saturated rings. The van der Waals surface area contributed by atoms with Crippen molar-refractivity contribution in [1.82, 2.24) is 9.29 Å². The van der Waals surface area contributed by atoms with Gasteiger partial charge >= 0.3 is 0 Å². The number of morpholine rings is 1. The smallest absolute Gasteiger partial charge is 0.256 e. The van der Waals surface area contributed by atoms with Gasteiger partial charge in [0.2, 0.25) is 10.0 Å². The van der Waals surface area contributed by atoms with Crippen LogP contribution in [0.2, 0.25) is 0 Å². The summed E-state index contributed by atoms with van der Waals surface area (Å²) in [5.74, 6) is 0.917. The number of nitrogens with one attached hydrogen (secondary N) is 1. The average Bonchev–Trinajstić information content (AvgIpc) is 2.83. The first-order valence-electron chi connectivity index (χ1n) is 12.0. The Hall–Kier alpha value is -2.49. The van der Waals surface area contributed by atoms with Crippen molar-refractivity contribution in [1.29, 1.82) is 0 Å². The third-order valence-electron chi connectivity index (χ3n) is 6.32. The molecule has 4 rings (SSSR count). The van der Waals surface area contributed by atoms with Crippen LogP contribution < -0.4 is 10.1 Å². The lowest BCUT2D eigenvalue weighted by Gasteiger charge is -2.34. The summed E-state index contributed by atoms with van der Waals surface area (Å²) >= 11 is 0. The molecule has 1 aliphatic carbocycles. The van der Waals surface area contributed by atoms with Crippen LogP contribution in [0.4, 0.5) is 5.82 Å². The van der Waals surface area contributed by atoms with Gasteiger partial charge in [0.15, 0.2) is 11.6 Å². The Morgan fingerprint density at radius 1 is 1.12 bits per heavy atom. The molecule has 1 saturated heterocycles. The van der Waals surface area contributed by atoms with Crippen molar-refractivity contribution in [3.05, 3.63) is 48.2 Å². The number of hydrogen-bond acceptors (Lipinski definition) is 6. The van der Waals surface area contributed by atoms with Gasteiger partial charge in [-0.25, -0.2) is 13.4 Å². The molecular formula is C25H33N3O5S. The van der Waals surface area contributed by atoms with E-state index in [0.29, 0.717) is 24.1 Å². The van der Waals surface area contributed by atoms with Crippen LogP contribution in [0, 0.1) is 5.92 Å². The van der Waals surface area contributed by atoms with Crippen LogP contribution in [0.15, 0.2) is 47.5 Å². The molecule has 184 valence electrons. The predicted molar refractivity (Wildman–Crippen MR) is 129 cm³/mol. The van der Waals surface area contributed by atoms with E-state index in [0.717, 1.165) is 12.8 Å². The van der Waals surface area contributed by atoms with E-state index in [2.05, 4.69) is 10.3 Å². The summed E-state index contributed by atoms with van der Waals surface area (Å²) in [4.78, 5) is 17.3. The van der Waals surface area contributed by atoms with Gasteiger partial charge in [0.05, 0.1) is 23.7 Å². The second-order valence-corrected chi connectivity index (χ2v) is 11.2. The Morgan fingerprint density at radius 2 is 1.85 bits per heavy atom. The maximum atomic E-state index is 13.2. The zero-order valence-corrected chi connectivity index (χ0v) is 20.6. The SMILES string of the molecule is CC1CN(S(=O)(=O)c2cccc(C(=O)Nc3ncccc3OCC3CCCCC3)c2)CC(C)O1. The first-order valence-corrected chi connectivity index (χ1v) is 13.4. The van der Waals surface area contributed by atoms with Crippen molar-refractivity contribution in [3.8, 4) is 5.75 Å². The monoisotopic (exact) mass is 487 g/mol. The average molecular weight is 488 g/mol. The van der Waals surface area contributed by atoms with E-state index < -0.39 is 15.9 Å². The highest BCUT2D eigenvalue weighted by atomic mass is 32.2. The highest BCUT2D eigenvalue weighted by Crippen LogP contribution is 2.28. The second-order valence-electron chi connectivity index (χ2n) is 9.23. The summed E-state index contributed by atoms with van der Waals surface area (Å²) in [5, 5.41) is 2.78. The van der Waals surface area contributed by atoms with Crippen molar-refractivity contribution in [2.45, 2.75) is 63.1 Å². The van der Waals surface area contributed by atoms with Crippen LogP contribution in [0.25, 0.3) is 0 Å². The number of aromatic nitrogens is 1. The molecular weight excluding hydrogens is 454 g/mol. The zero-order chi connectivity index (χ0) is 24.1. The Kier molecular flexibility index (Phi) is 7.85. The molecule has 1 amide bonds. The van der Waals surface area contributed by atoms with Gasteiger partial charge in [-0.05, 0) is 62.9 Å². The summed E-state index contributed by atoms with van der Waals surface area (Å²) in [7, 11) is -3.75. The van der Waals surface area contributed by atoms with Crippen LogP contribution in [0.1, 0.15) is 56.3 Å². The normalized spacial score (nSPS) is 22.3. The summed E-state index contributed by atoms with van der Waals surface area (Å²) in [6, 6.07) is 9.63. The topological polar surface area (TPSA) is 97.8 Å². The Labute approximate surface area is 201 Å². The van der Waals surface area contributed by atoms with Crippen LogP contribution in [0.3, 0.4) is 0 Å². The Balaban J connectivity index is 1.47. The van der Waals surface area contributed by atoms with Gasteiger partial charge in [-0.1, -0.05) is 25.3 Å². The van der Waals surface area contributed by atoms with Gasteiger partial charge in [-0.2, -0.15) is 4.31 Å². The van der Waals surface area contributed by atoms with Crippen LogP contribution in [-0.2, 0) is 14.8 Å². The van der Waals surface area contributed by atoms with E-state index in [1.165, 1.54) is 35.7 Å². The minimum atomic E-state index is -3.75. The molecule has 1 aromatic heterocycles. The third-order valence-corrected chi connectivity index (χ3v) is 8.15. The fourth-order valence-corrected chi connectivity index (χ4v) is 6.25. The number of anilines is 1. The van der Waals surface area contributed by atoms with E-state index in [1.54, 1.807) is 30.5 Å². The number of amides is 1. The minimum Gasteiger partial charge on any atom is -0.489 e. The lowest BCUT2D eigenvalue weighted by molar-refractivity contribution is -0.0440. The fraction of sp³-hybridized carbons (Fsp3) is 0.520. The van der Waals surface area contributed by atoms with Gasteiger partial charge in [0.25, 0.3) is 5.91 Å². The Morgan fingerprint density at radius 3 is 2.59 bits per heavy atom. The number of sulfonamides is 1. The molecule has 1 saturated carbocycles. The van der Waals surface area contributed by atoms with Gasteiger partial charge in [0, 0.05) is 24.8 Å². The number of carbonyl (C=O) groups is 1. The number of benzene rings is 1. The van der Waals surface area contributed by atoms with Gasteiger partial charge < -0.3 is 14.8 Å². The van der Waals surface area contributed by atoms with Crippen molar-refractivity contribution in [2.75, 3.05) is 25.0 Å². The molecule has 2 aromatic rings. The van der Waals surface area contributed by atoms with Gasteiger partial charge in [-0.3, -0.25) is 4.79 Å². The van der Waals surface area contributed by atoms with Crippen molar-refractivity contribution < 1.29 is 22.7 Å². The maximum Gasteiger partial charge on any atom is 0.256 e. The molecule has 8 nitrogen and oxygen atoms in total. The summed E-state index contributed by atoms with van der Waals surface area (Å²) in [5.41, 5.74) is 0.235. The number of nitrogens with zero attached hydrogens (tertiary/aromatic N) is 2. The molecule has 0 spiro atoms. The lowest BCUT2D eigenvalue weighted by atomic mass is 9.90. The molecule has 9 heteroatoms. The van der Waals surface area contributed by atoms with Crippen LogP contribution >= 0.6 is 0 Å². The van der Waals surface area contributed by atoms with Crippen molar-refractivity contribution >= 4 is 21.7 Å². The molecule has 0 bridgehead atoms. The Bertz CT molecular complexity index is 1090. The number of pyridine rings is 1. The summed E-state index contributed by atoms with van der Waals surface area (Å²) < 4.78 is 39.5. The number of hydrogen-bond donors (Lipinski definition) is 1. The molecule has 1 aliphatic heterocycles. The molecule has 34 heavy (non-hydrogen) atoms. The van der Waals surface area contributed by atoms with Gasteiger partial charge in [0.1, 0.15) is 0 Å². The van der Waals surface area contributed by atoms with E-state index in [-0.39, 0.29) is 35.8 Å². The summed E-state index contributed by atoms with van der Waals surface area (Å²) in [6.45, 7) is 4.85. The largest absolute Gasteiger partial charge is 0.489 e. The minimum absolute atomic E-state index is 0.0799. The quantitative estimate of drug-likeness (QED) is 0.632.